The van der Waals surface area contributed by atoms with E-state index in [0.717, 1.165) is 24.2 Å². The van der Waals surface area contributed by atoms with Crippen LogP contribution in [-0.4, -0.2) is 41.3 Å². The molecule has 1 fully saturated rings. The number of hydrogen-bond acceptors (Lipinski definition) is 5. The number of anilines is 1. The van der Waals surface area contributed by atoms with Crippen LogP contribution in [-0.2, 0) is 0 Å². The van der Waals surface area contributed by atoms with E-state index in [4.69, 9.17) is 4.42 Å². The van der Waals surface area contributed by atoms with Crippen LogP contribution in [0.3, 0.4) is 0 Å². The first-order valence-electron chi connectivity index (χ1n) is 7.57. The summed E-state index contributed by atoms with van der Waals surface area (Å²) in [4.78, 5) is 2.40. The van der Waals surface area contributed by atoms with Crippen molar-refractivity contribution in [1.29, 1.82) is 0 Å². The first kappa shape index (κ1) is 14.1. The summed E-state index contributed by atoms with van der Waals surface area (Å²) in [6.45, 7) is 4.13. The Labute approximate surface area is 125 Å². The number of benzene rings is 1. The summed E-state index contributed by atoms with van der Waals surface area (Å²) in [5, 5.41) is 11.7. The number of para-hydroxylation sites is 1. The van der Waals surface area contributed by atoms with Gasteiger partial charge in [-0.15, -0.1) is 10.2 Å². The van der Waals surface area contributed by atoms with Gasteiger partial charge in [0, 0.05) is 18.7 Å². The molecule has 21 heavy (non-hydrogen) atoms. The summed E-state index contributed by atoms with van der Waals surface area (Å²) < 4.78 is 5.57. The maximum atomic E-state index is 5.57. The molecule has 2 heterocycles. The Morgan fingerprint density at radius 3 is 2.86 bits per heavy atom. The predicted molar refractivity (Wildman–Crippen MR) is 83.2 cm³/mol. The molecule has 1 aromatic heterocycles. The van der Waals surface area contributed by atoms with E-state index in [1.54, 1.807) is 0 Å². The van der Waals surface area contributed by atoms with Crippen molar-refractivity contribution in [3.05, 3.63) is 30.2 Å². The van der Waals surface area contributed by atoms with Crippen LogP contribution in [0.25, 0.3) is 11.5 Å². The van der Waals surface area contributed by atoms with Crippen molar-refractivity contribution in [3.8, 4) is 11.5 Å². The molecule has 5 nitrogen and oxygen atoms in total. The lowest BCUT2D eigenvalue weighted by Gasteiger charge is -2.19. The second-order valence-electron chi connectivity index (χ2n) is 5.75. The molecule has 1 aliphatic heterocycles. The molecular formula is C16H22N4O. The third kappa shape index (κ3) is 3.42. The van der Waals surface area contributed by atoms with Gasteiger partial charge in [-0.3, -0.25) is 0 Å². The quantitative estimate of drug-likeness (QED) is 0.940. The lowest BCUT2D eigenvalue weighted by Crippen LogP contribution is -2.23. The zero-order valence-electron chi connectivity index (χ0n) is 12.7. The summed E-state index contributed by atoms with van der Waals surface area (Å²) in [5.41, 5.74) is 2.06. The van der Waals surface area contributed by atoms with E-state index in [9.17, 15) is 0 Å². The van der Waals surface area contributed by atoms with Crippen molar-refractivity contribution in [1.82, 2.24) is 15.1 Å². The monoisotopic (exact) mass is 286 g/mol. The fourth-order valence-corrected chi connectivity index (χ4v) is 2.81. The molecule has 5 heteroatoms. The Hall–Kier alpha value is -1.88. The number of likely N-dealkylation sites (tertiary alicyclic amines) is 1. The van der Waals surface area contributed by atoms with Gasteiger partial charge in [-0.05, 0) is 51.5 Å². The number of aromatic nitrogens is 2. The summed E-state index contributed by atoms with van der Waals surface area (Å²) in [5.74, 6) is 1.18. The highest BCUT2D eigenvalue weighted by molar-refractivity contribution is 5.72. The highest BCUT2D eigenvalue weighted by Crippen LogP contribution is 2.28. The van der Waals surface area contributed by atoms with Crippen molar-refractivity contribution in [2.45, 2.75) is 32.2 Å². The minimum atomic E-state index is 0.500. The van der Waals surface area contributed by atoms with Gasteiger partial charge in [0.25, 0.3) is 0 Å². The zero-order chi connectivity index (χ0) is 14.7. The lowest BCUT2D eigenvalue weighted by molar-refractivity contribution is 0.348. The molecule has 2 aromatic rings. The average Bonchev–Trinajstić information content (AvgIpc) is 2.81. The molecule has 1 aliphatic rings. The second kappa shape index (κ2) is 6.26. The highest BCUT2D eigenvalue weighted by atomic mass is 16.4. The van der Waals surface area contributed by atoms with Crippen molar-refractivity contribution in [2.75, 3.05) is 25.5 Å². The largest absolute Gasteiger partial charge is 0.421 e. The van der Waals surface area contributed by atoms with Gasteiger partial charge in [0.15, 0.2) is 0 Å². The average molecular weight is 286 g/mol. The van der Waals surface area contributed by atoms with Gasteiger partial charge in [0.2, 0.25) is 11.8 Å². The number of rotatable bonds is 3. The number of aryl methyl sites for hydroxylation is 1. The van der Waals surface area contributed by atoms with Gasteiger partial charge in [-0.25, -0.2) is 0 Å². The molecule has 0 amide bonds. The van der Waals surface area contributed by atoms with Crippen LogP contribution >= 0.6 is 0 Å². The molecule has 0 aliphatic carbocycles. The van der Waals surface area contributed by atoms with Crippen molar-refractivity contribution < 1.29 is 4.42 Å². The molecule has 1 N–H and O–H groups in total. The van der Waals surface area contributed by atoms with Crippen molar-refractivity contribution in [3.63, 3.8) is 0 Å². The van der Waals surface area contributed by atoms with E-state index in [1.807, 2.05) is 25.1 Å². The molecule has 1 atom stereocenters. The van der Waals surface area contributed by atoms with Crippen LogP contribution < -0.4 is 5.32 Å². The SMILES string of the molecule is Cc1nnc(-c2ccccc2NC2CCCN(C)CC2)o1. The van der Waals surface area contributed by atoms with E-state index >= 15 is 0 Å². The van der Waals surface area contributed by atoms with Gasteiger partial charge >= 0.3 is 0 Å². The van der Waals surface area contributed by atoms with E-state index in [2.05, 4.69) is 33.5 Å². The summed E-state index contributed by atoms with van der Waals surface area (Å²) in [7, 11) is 2.19. The van der Waals surface area contributed by atoms with Crippen LogP contribution in [0.4, 0.5) is 5.69 Å². The maximum absolute atomic E-state index is 5.57. The van der Waals surface area contributed by atoms with Gasteiger partial charge in [0.05, 0.1) is 5.56 Å². The fraction of sp³-hybridized carbons (Fsp3) is 0.500. The summed E-state index contributed by atoms with van der Waals surface area (Å²) >= 11 is 0. The third-order valence-electron chi connectivity index (χ3n) is 3.99. The maximum Gasteiger partial charge on any atom is 0.249 e. The van der Waals surface area contributed by atoms with Gasteiger partial charge in [0.1, 0.15) is 0 Å². The Morgan fingerprint density at radius 2 is 2.05 bits per heavy atom. The normalized spacial score (nSPS) is 20.2. The number of nitrogens with one attached hydrogen (secondary N) is 1. The minimum Gasteiger partial charge on any atom is -0.421 e. The molecule has 3 rings (SSSR count). The predicted octanol–water partition coefficient (Wildman–Crippen LogP) is 2.94. The third-order valence-corrected chi connectivity index (χ3v) is 3.99. The number of nitrogens with zero attached hydrogens (tertiary/aromatic N) is 3. The van der Waals surface area contributed by atoms with E-state index in [-0.39, 0.29) is 0 Å². The highest BCUT2D eigenvalue weighted by Gasteiger charge is 2.17. The first-order valence-corrected chi connectivity index (χ1v) is 7.57. The zero-order valence-corrected chi connectivity index (χ0v) is 12.7. The smallest absolute Gasteiger partial charge is 0.249 e. The van der Waals surface area contributed by atoms with Crippen LogP contribution in [0.2, 0.25) is 0 Å². The van der Waals surface area contributed by atoms with Crippen LogP contribution in [0.1, 0.15) is 25.2 Å². The molecular weight excluding hydrogens is 264 g/mol. The van der Waals surface area contributed by atoms with E-state index < -0.39 is 0 Å². The number of hydrogen-bond donors (Lipinski definition) is 1. The van der Waals surface area contributed by atoms with E-state index in [1.165, 1.54) is 19.4 Å². The van der Waals surface area contributed by atoms with Gasteiger partial charge < -0.3 is 14.6 Å². The summed E-state index contributed by atoms with van der Waals surface area (Å²) in [6, 6.07) is 8.65. The first-order chi connectivity index (χ1) is 10.2. The Morgan fingerprint density at radius 1 is 1.19 bits per heavy atom. The van der Waals surface area contributed by atoms with Crippen LogP contribution in [0, 0.1) is 6.92 Å². The van der Waals surface area contributed by atoms with Crippen molar-refractivity contribution in [2.24, 2.45) is 0 Å². The molecule has 0 saturated carbocycles. The minimum absolute atomic E-state index is 0.500. The summed E-state index contributed by atoms with van der Waals surface area (Å²) in [6.07, 6.45) is 3.59. The van der Waals surface area contributed by atoms with Gasteiger partial charge in [-0.1, -0.05) is 12.1 Å². The standard InChI is InChI=1S/C16H22N4O/c1-12-18-19-16(21-12)14-7-3-4-8-15(14)17-13-6-5-10-20(2)11-9-13/h3-4,7-8,13,17H,5-6,9-11H2,1-2H3. The molecule has 1 unspecified atom stereocenters. The molecule has 0 bridgehead atoms. The van der Waals surface area contributed by atoms with Gasteiger partial charge in [-0.2, -0.15) is 0 Å². The Kier molecular flexibility index (Phi) is 4.20. The Bertz CT molecular complexity index is 595. The molecule has 0 radical (unpaired) electrons. The Balaban J connectivity index is 1.79. The van der Waals surface area contributed by atoms with Crippen LogP contribution in [0.15, 0.2) is 28.7 Å². The molecule has 1 saturated heterocycles. The van der Waals surface area contributed by atoms with Crippen molar-refractivity contribution >= 4 is 5.69 Å². The molecule has 0 spiro atoms. The van der Waals surface area contributed by atoms with Crippen LogP contribution in [0.5, 0.6) is 0 Å². The van der Waals surface area contributed by atoms with E-state index in [0.29, 0.717) is 17.8 Å². The topological polar surface area (TPSA) is 54.2 Å². The molecule has 1 aromatic carbocycles. The molecule has 112 valence electrons. The fourth-order valence-electron chi connectivity index (χ4n) is 2.81. The lowest BCUT2D eigenvalue weighted by atomic mass is 10.1. The second-order valence-corrected chi connectivity index (χ2v) is 5.75.